The molecule has 22 atom stereocenters. The Hall–Kier alpha value is -3.39. The molecule has 0 bridgehead atoms. The van der Waals surface area contributed by atoms with E-state index < -0.39 is 135 Å². The second-order valence-corrected chi connectivity index (χ2v) is 22.9. The minimum absolute atomic E-state index is 0.0641. The molecule has 0 aromatic heterocycles. The normalized spacial score (nSPS) is 43.1. The Labute approximate surface area is 437 Å². The maximum absolute atomic E-state index is 14.3. The molecule has 21 nitrogen and oxygen atoms in total. The number of carbonyl (C=O) groups is 3. The van der Waals surface area contributed by atoms with Crippen molar-refractivity contribution in [1.29, 1.82) is 0 Å². The average molecular weight is 1070 g/mol. The molecule has 8 N–H and O–H groups in total. The number of esters is 2. The quantitative estimate of drug-likeness (QED) is 0.0816. The first-order valence-corrected chi connectivity index (χ1v) is 26.6. The van der Waals surface area contributed by atoms with Gasteiger partial charge in [0.2, 0.25) is 0 Å². The van der Waals surface area contributed by atoms with Gasteiger partial charge in [-0.3, -0.25) is 9.59 Å². The smallest absolute Gasteiger partial charge is 0.338 e. The predicted octanol–water partition coefficient (Wildman–Crippen LogP) is 1.86. The summed E-state index contributed by atoms with van der Waals surface area (Å²) in [5.74, 6) is -1.92. The Morgan fingerprint density at radius 3 is 2.17 bits per heavy atom. The third kappa shape index (κ3) is 10.9. The van der Waals surface area contributed by atoms with Crippen molar-refractivity contribution in [3.8, 4) is 11.5 Å². The van der Waals surface area contributed by atoms with Crippen molar-refractivity contribution in [2.24, 2.45) is 40.4 Å². The van der Waals surface area contributed by atoms with Gasteiger partial charge in [0.05, 0.1) is 51.8 Å². The topological polar surface area (TPSA) is 305 Å². The number of allylic oxidation sites excluding steroid dienone is 1. The van der Waals surface area contributed by atoms with E-state index >= 15 is 0 Å². The highest BCUT2D eigenvalue weighted by molar-refractivity contribution is 5.90. The summed E-state index contributed by atoms with van der Waals surface area (Å²) >= 11 is 0. The molecule has 1 unspecified atom stereocenters. The van der Waals surface area contributed by atoms with Crippen LogP contribution in [0.4, 0.5) is 0 Å². The van der Waals surface area contributed by atoms with Gasteiger partial charge in [0.1, 0.15) is 60.2 Å². The van der Waals surface area contributed by atoms with Crippen molar-refractivity contribution in [2.75, 3.05) is 34.0 Å². The molecule has 3 saturated carbocycles. The Morgan fingerprint density at radius 2 is 1.49 bits per heavy atom. The molecule has 3 saturated heterocycles. The summed E-state index contributed by atoms with van der Waals surface area (Å²) in [5.41, 5.74) is -1.50. The van der Waals surface area contributed by atoms with Crippen molar-refractivity contribution < 1.29 is 103 Å². The van der Waals surface area contributed by atoms with Gasteiger partial charge in [-0.1, -0.05) is 46.3 Å². The number of benzene rings is 1. The summed E-state index contributed by atoms with van der Waals surface area (Å²) in [7, 11) is 2.77. The zero-order chi connectivity index (χ0) is 54.5. The summed E-state index contributed by atoms with van der Waals surface area (Å²) in [5, 5.41) is 89.5. The molecule has 8 rings (SSSR count). The molecule has 0 amide bonds. The Balaban J connectivity index is 1.10. The van der Waals surface area contributed by atoms with Crippen LogP contribution in [0.25, 0.3) is 0 Å². The van der Waals surface area contributed by atoms with Crippen molar-refractivity contribution >= 4 is 17.7 Å². The lowest BCUT2D eigenvalue weighted by atomic mass is 9.46. The number of ether oxygens (including phenoxy) is 10. The maximum Gasteiger partial charge on any atom is 0.338 e. The number of aliphatic hydroxyl groups excluding tert-OH is 7. The number of fused-ring (bicyclic) bond motifs is 5. The second kappa shape index (κ2) is 23.1. The number of hydrogen-bond acceptors (Lipinski definition) is 21. The fourth-order valence-electron chi connectivity index (χ4n) is 13.8. The SMILES string of the molecule is COc1ccc(C(=O)O[C@H]2[C@H](O[C@@H]3[C@@H](OC(C)=O)[C@H](O[C@H]4C[C@H]5[C@@H]6CC=C7C[C@@H](O)CC[C@]7(C)[C@H]6CC[C@]5(C)[C@]4(O)C(C)C(=O)CCC(C)C)OC[C@@H]3O)OC[C@@H](O[C@@H]3O[C@H](CO)[C@@H](O)[C@H](O)[C@H]3O)[C@@H]2O)cc1OC. The van der Waals surface area contributed by atoms with E-state index in [9.17, 15) is 55.2 Å². The largest absolute Gasteiger partial charge is 0.493 e. The van der Waals surface area contributed by atoms with E-state index in [0.717, 1.165) is 26.2 Å². The van der Waals surface area contributed by atoms with Crippen molar-refractivity contribution in [2.45, 2.75) is 197 Å². The fraction of sp³-hybridized carbons (Fsp3) is 0.796. The van der Waals surface area contributed by atoms with Crippen LogP contribution in [0.3, 0.4) is 0 Å². The number of aliphatic hydroxyl groups is 8. The van der Waals surface area contributed by atoms with Gasteiger partial charge in [-0.25, -0.2) is 4.79 Å². The third-order valence-corrected chi connectivity index (χ3v) is 18.2. The molecule has 7 aliphatic rings. The Kier molecular flexibility index (Phi) is 17.8. The molecule has 0 radical (unpaired) electrons. The van der Waals surface area contributed by atoms with Crippen LogP contribution in [0.15, 0.2) is 29.8 Å². The highest BCUT2D eigenvalue weighted by Gasteiger charge is 2.71. The number of rotatable bonds is 17. The maximum atomic E-state index is 14.3. The van der Waals surface area contributed by atoms with E-state index in [4.69, 9.17) is 47.4 Å². The molecule has 422 valence electrons. The van der Waals surface area contributed by atoms with Crippen LogP contribution in [0.1, 0.15) is 110 Å². The van der Waals surface area contributed by atoms with Crippen LogP contribution in [-0.2, 0) is 47.5 Å². The molecular weight excluding hydrogens is 985 g/mol. The Bertz CT molecular complexity index is 2210. The first-order chi connectivity index (χ1) is 35.5. The van der Waals surface area contributed by atoms with E-state index in [-0.39, 0.29) is 58.7 Å². The zero-order valence-corrected chi connectivity index (χ0v) is 44.2. The lowest BCUT2D eigenvalue weighted by Crippen LogP contribution is -2.65. The average Bonchev–Trinajstić information content (AvgIpc) is 3.70. The fourth-order valence-corrected chi connectivity index (χ4v) is 13.8. The van der Waals surface area contributed by atoms with E-state index in [1.807, 2.05) is 13.8 Å². The summed E-state index contributed by atoms with van der Waals surface area (Å²) < 4.78 is 59.6. The summed E-state index contributed by atoms with van der Waals surface area (Å²) in [4.78, 5) is 41.4. The van der Waals surface area contributed by atoms with E-state index in [0.29, 0.717) is 37.9 Å². The molecule has 3 heterocycles. The van der Waals surface area contributed by atoms with Gasteiger partial charge in [0.25, 0.3) is 0 Å². The lowest BCUT2D eigenvalue weighted by Gasteiger charge is -2.59. The van der Waals surface area contributed by atoms with Crippen molar-refractivity contribution in [1.82, 2.24) is 0 Å². The van der Waals surface area contributed by atoms with Crippen LogP contribution in [0.2, 0.25) is 0 Å². The minimum atomic E-state index is -1.88. The number of hydrogen-bond donors (Lipinski definition) is 8. The van der Waals surface area contributed by atoms with Gasteiger partial charge < -0.3 is 88.2 Å². The third-order valence-electron chi connectivity index (χ3n) is 18.2. The van der Waals surface area contributed by atoms with Gasteiger partial charge in [-0.2, -0.15) is 0 Å². The molecule has 3 aliphatic heterocycles. The van der Waals surface area contributed by atoms with Crippen LogP contribution < -0.4 is 9.47 Å². The first kappa shape index (κ1) is 57.8. The highest BCUT2D eigenvalue weighted by Crippen LogP contribution is 2.69. The summed E-state index contributed by atoms with van der Waals surface area (Å²) in [6.07, 6.45) is -15.4. The van der Waals surface area contributed by atoms with Crippen molar-refractivity contribution in [3.05, 3.63) is 35.4 Å². The number of ketones is 1. The molecule has 4 aliphatic carbocycles. The molecule has 1 aromatic carbocycles. The van der Waals surface area contributed by atoms with E-state index in [1.54, 1.807) is 6.92 Å². The highest BCUT2D eigenvalue weighted by atomic mass is 16.8. The van der Waals surface area contributed by atoms with E-state index in [1.165, 1.54) is 38.0 Å². The lowest BCUT2D eigenvalue weighted by molar-refractivity contribution is -0.362. The number of carbonyl (C=O) groups excluding carboxylic acids is 3. The van der Waals surface area contributed by atoms with Crippen LogP contribution in [0, 0.1) is 40.4 Å². The molecule has 75 heavy (non-hydrogen) atoms. The first-order valence-electron chi connectivity index (χ1n) is 26.6. The molecule has 6 fully saturated rings. The van der Waals surface area contributed by atoms with Gasteiger partial charge in [-0.15, -0.1) is 0 Å². The monoisotopic (exact) mass is 1060 g/mol. The Morgan fingerprint density at radius 1 is 0.787 bits per heavy atom. The van der Waals surface area contributed by atoms with Crippen LogP contribution in [0.5, 0.6) is 11.5 Å². The predicted molar refractivity (Wildman–Crippen MR) is 260 cm³/mol. The van der Waals surface area contributed by atoms with Gasteiger partial charge in [-0.05, 0) is 98.7 Å². The van der Waals surface area contributed by atoms with Gasteiger partial charge in [0, 0.05) is 24.7 Å². The second-order valence-electron chi connectivity index (χ2n) is 22.9. The van der Waals surface area contributed by atoms with Crippen molar-refractivity contribution in [3.63, 3.8) is 0 Å². The number of Topliss-reactive ketones (excluding diaryl/α,β-unsaturated/α-hetero) is 1. The van der Waals surface area contributed by atoms with Gasteiger partial charge in [0.15, 0.2) is 42.6 Å². The minimum Gasteiger partial charge on any atom is -0.493 e. The zero-order valence-electron chi connectivity index (χ0n) is 44.2. The van der Waals surface area contributed by atoms with E-state index in [2.05, 4.69) is 19.9 Å². The number of methoxy groups -OCH3 is 2. The summed E-state index contributed by atoms with van der Waals surface area (Å²) in [6.45, 7) is 9.53. The molecule has 1 aromatic rings. The molecular formula is C54H80O21. The molecule has 0 spiro atoms. The molecule has 21 heteroatoms. The van der Waals surface area contributed by atoms with Gasteiger partial charge >= 0.3 is 11.9 Å². The summed E-state index contributed by atoms with van der Waals surface area (Å²) in [6, 6.07) is 4.16. The standard InChI is InChI=1S/C54H80O21/c1-25(2)9-13-34(58)26(3)54(65)40(21-33-31-12-11-29-20-30(57)15-17-52(29,5)32(31)16-18-53(33,54)6)73-51-47(70-27(4)56)45(35(59)23-68-51)75-50-46(74-48(64)28-10-14-36(66-7)37(19-28)67-8)42(61)39(24-69-50)72-49-44(63)43(62)41(60)38(22-55)71-49/h10-11,14,19,25-26,30-33,35,38-47,49-51,55,57,59-63,65H,9,12-13,15-18,20-24H2,1-8H3/t26?,30-,31+,32-,33-,35-,38+,39+,40-,41+,42-,43-,44+,45-,46+,47+,49-,50-,51-,52-,53-,54-/m0/s1. The van der Waals surface area contributed by atoms with Crippen LogP contribution >= 0.6 is 0 Å². The van der Waals surface area contributed by atoms with Crippen LogP contribution in [-0.4, -0.2) is 190 Å².